The summed E-state index contributed by atoms with van der Waals surface area (Å²) in [5.74, 6) is 2.03. The fraction of sp³-hybridized carbons (Fsp3) is 0.238. The highest BCUT2D eigenvalue weighted by molar-refractivity contribution is 7.98. The third-order valence-corrected chi connectivity index (χ3v) is 5.42. The molecule has 0 saturated carbocycles. The highest BCUT2D eigenvalue weighted by Gasteiger charge is 2.22. The first-order valence-corrected chi connectivity index (χ1v) is 10.9. The lowest BCUT2D eigenvalue weighted by Gasteiger charge is -2.16. The van der Waals surface area contributed by atoms with Crippen LogP contribution in [0.5, 0.6) is 5.75 Å². The van der Waals surface area contributed by atoms with Crippen molar-refractivity contribution < 1.29 is 9.53 Å². The van der Waals surface area contributed by atoms with Gasteiger partial charge in [-0.3, -0.25) is 14.3 Å². The van der Waals surface area contributed by atoms with Gasteiger partial charge in [-0.2, -0.15) is 16.9 Å². The van der Waals surface area contributed by atoms with Gasteiger partial charge in [-0.05, 0) is 48.8 Å². The molecule has 0 aliphatic rings. The van der Waals surface area contributed by atoms with E-state index in [1.54, 1.807) is 24.9 Å². The molecule has 0 spiro atoms. The summed E-state index contributed by atoms with van der Waals surface area (Å²) in [4.78, 5) is 13.0. The molecular formula is C21H22N6O2S. The number of hydrogen-bond acceptors (Lipinski definition) is 6. The summed E-state index contributed by atoms with van der Waals surface area (Å²) >= 11 is 1.72. The Morgan fingerprint density at radius 3 is 2.90 bits per heavy atom. The third kappa shape index (κ3) is 4.02. The number of rotatable bonds is 8. The molecule has 0 aliphatic heterocycles. The van der Waals surface area contributed by atoms with E-state index in [2.05, 4.69) is 25.7 Å². The Morgan fingerprint density at radius 2 is 2.07 bits per heavy atom. The van der Waals surface area contributed by atoms with E-state index in [0.29, 0.717) is 23.0 Å². The van der Waals surface area contributed by atoms with Gasteiger partial charge < -0.3 is 10.1 Å². The molecule has 3 aromatic heterocycles. The molecule has 0 saturated heterocycles. The molecule has 1 atom stereocenters. The van der Waals surface area contributed by atoms with Gasteiger partial charge in [-0.25, -0.2) is 0 Å². The maximum Gasteiger partial charge on any atom is 0.269 e. The molecule has 4 aromatic rings. The number of nitrogens with one attached hydrogen (secondary N) is 2. The zero-order valence-electron chi connectivity index (χ0n) is 16.7. The van der Waals surface area contributed by atoms with E-state index >= 15 is 0 Å². The van der Waals surface area contributed by atoms with Crippen molar-refractivity contribution in [1.29, 1.82) is 0 Å². The lowest BCUT2D eigenvalue weighted by molar-refractivity contribution is 0.0928. The number of benzene rings is 1. The molecule has 8 nitrogen and oxygen atoms in total. The number of hydrogen-bond donors (Lipinski definition) is 2. The largest absolute Gasteiger partial charge is 0.496 e. The number of fused-ring (bicyclic) bond motifs is 1. The molecule has 1 amide bonds. The van der Waals surface area contributed by atoms with Gasteiger partial charge in [-0.1, -0.05) is 18.2 Å². The van der Waals surface area contributed by atoms with Gasteiger partial charge >= 0.3 is 0 Å². The van der Waals surface area contributed by atoms with Crippen LogP contribution in [0.1, 0.15) is 28.8 Å². The smallest absolute Gasteiger partial charge is 0.269 e. The van der Waals surface area contributed by atoms with Gasteiger partial charge in [-0.15, -0.1) is 10.2 Å². The van der Waals surface area contributed by atoms with Crippen LogP contribution < -0.4 is 10.1 Å². The van der Waals surface area contributed by atoms with Crippen LogP contribution >= 0.6 is 11.8 Å². The van der Waals surface area contributed by atoms with Crippen molar-refractivity contribution in [3.63, 3.8) is 0 Å². The van der Waals surface area contributed by atoms with E-state index < -0.39 is 0 Å². The molecule has 3 heterocycles. The molecule has 4 rings (SSSR count). The van der Waals surface area contributed by atoms with E-state index in [1.165, 1.54) is 0 Å². The molecule has 0 bridgehead atoms. The van der Waals surface area contributed by atoms with Crippen LogP contribution in [0.15, 0.2) is 54.7 Å². The number of ether oxygens (including phenoxy) is 1. The fourth-order valence-electron chi connectivity index (χ4n) is 3.27. The summed E-state index contributed by atoms with van der Waals surface area (Å²) in [6, 6.07) is 14.7. The zero-order valence-corrected chi connectivity index (χ0v) is 17.5. The average Bonchev–Trinajstić information content (AvgIpc) is 3.44. The standard InChI is InChI=1S/C21H22N6O2S/c1-29-18-8-4-3-7-14(18)16-13-17(24-23-16)21(28)22-15(10-12-30-2)20-26-25-19-9-5-6-11-27(19)20/h3-9,11,13,15H,10,12H2,1-2H3,(H,22,28)(H,23,24)/t15-/m0/s1. The van der Waals surface area contributed by atoms with E-state index in [9.17, 15) is 4.79 Å². The lowest BCUT2D eigenvalue weighted by Crippen LogP contribution is -2.30. The van der Waals surface area contributed by atoms with Crippen LogP contribution in [0.2, 0.25) is 0 Å². The Morgan fingerprint density at radius 1 is 1.23 bits per heavy atom. The number of methoxy groups -OCH3 is 1. The van der Waals surface area contributed by atoms with Crippen molar-refractivity contribution in [1.82, 2.24) is 30.1 Å². The number of carbonyl (C=O) groups excluding carboxylic acids is 1. The molecule has 154 valence electrons. The second-order valence-electron chi connectivity index (χ2n) is 6.66. The predicted octanol–water partition coefficient (Wildman–Crippen LogP) is 3.35. The molecule has 2 N–H and O–H groups in total. The molecule has 0 fully saturated rings. The summed E-state index contributed by atoms with van der Waals surface area (Å²) in [5.41, 5.74) is 2.58. The molecule has 30 heavy (non-hydrogen) atoms. The molecule has 9 heteroatoms. The van der Waals surface area contributed by atoms with Crippen molar-refractivity contribution in [3.8, 4) is 17.0 Å². The average molecular weight is 423 g/mol. The normalized spacial score (nSPS) is 12.1. The molecule has 0 aliphatic carbocycles. The van der Waals surface area contributed by atoms with Crippen LogP contribution in [-0.2, 0) is 0 Å². The van der Waals surface area contributed by atoms with E-state index in [4.69, 9.17) is 4.74 Å². The van der Waals surface area contributed by atoms with E-state index in [0.717, 1.165) is 23.4 Å². The number of thioether (sulfide) groups is 1. The second-order valence-corrected chi connectivity index (χ2v) is 7.65. The number of amides is 1. The van der Waals surface area contributed by atoms with Gasteiger partial charge in [0.15, 0.2) is 11.5 Å². The number of H-pyrrole nitrogens is 1. The first-order chi connectivity index (χ1) is 14.7. The predicted molar refractivity (Wildman–Crippen MR) is 117 cm³/mol. The number of nitrogens with zero attached hydrogens (tertiary/aromatic N) is 4. The van der Waals surface area contributed by atoms with Crippen molar-refractivity contribution in [3.05, 3.63) is 66.2 Å². The maximum absolute atomic E-state index is 13.0. The molecule has 1 aromatic carbocycles. The van der Waals surface area contributed by atoms with E-state index in [1.807, 2.05) is 59.3 Å². The number of aromatic nitrogens is 5. The fourth-order valence-corrected chi connectivity index (χ4v) is 3.74. The molecule has 0 unspecified atom stereocenters. The van der Waals surface area contributed by atoms with Gasteiger partial charge in [0.25, 0.3) is 5.91 Å². The van der Waals surface area contributed by atoms with E-state index in [-0.39, 0.29) is 11.9 Å². The molecule has 0 radical (unpaired) electrons. The minimum atomic E-state index is -0.277. The lowest BCUT2D eigenvalue weighted by atomic mass is 10.1. The zero-order chi connectivity index (χ0) is 20.9. The summed E-state index contributed by atoms with van der Waals surface area (Å²) < 4.78 is 7.29. The highest BCUT2D eigenvalue weighted by atomic mass is 32.2. The minimum Gasteiger partial charge on any atom is -0.496 e. The summed E-state index contributed by atoms with van der Waals surface area (Å²) in [5, 5.41) is 18.7. The Hall–Kier alpha value is -3.33. The highest BCUT2D eigenvalue weighted by Crippen LogP contribution is 2.28. The first-order valence-electron chi connectivity index (χ1n) is 9.49. The number of carbonyl (C=O) groups is 1. The first kappa shape index (κ1) is 20.0. The van der Waals surface area contributed by atoms with Crippen LogP contribution in [0, 0.1) is 0 Å². The van der Waals surface area contributed by atoms with Crippen LogP contribution in [0.25, 0.3) is 16.9 Å². The van der Waals surface area contributed by atoms with Crippen LogP contribution in [-0.4, -0.2) is 49.8 Å². The van der Waals surface area contributed by atoms with Crippen molar-refractivity contribution in [2.75, 3.05) is 19.1 Å². The second kappa shape index (κ2) is 9.00. The number of para-hydroxylation sites is 1. The summed E-state index contributed by atoms with van der Waals surface area (Å²) in [6.45, 7) is 0. The Bertz CT molecular complexity index is 1160. The van der Waals surface area contributed by atoms with Crippen molar-refractivity contribution >= 4 is 23.3 Å². The maximum atomic E-state index is 13.0. The van der Waals surface area contributed by atoms with Gasteiger partial charge in [0.2, 0.25) is 0 Å². The Balaban J connectivity index is 1.58. The van der Waals surface area contributed by atoms with Gasteiger partial charge in [0, 0.05) is 11.8 Å². The van der Waals surface area contributed by atoms with Gasteiger partial charge in [0.05, 0.1) is 18.8 Å². The monoisotopic (exact) mass is 422 g/mol. The number of pyridine rings is 1. The topological polar surface area (TPSA) is 97.2 Å². The Labute approximate surface area is 178 Å². The van der Waals surface area contributed by atoms with Crippen molar-refractivity contribution in [2.45, 2.75) is 12.5 Å². The number of aromatic amines is 1. The third-order valence-electron chi connectivity index (χ3n) is 4.77. The van der Waals surface area contributed by atoms with Gasteiger partial charge in [0.1, 0.15) is 11.4 Å². The van der Waals surface area contributed by atoms with Crippen LogP contribution in [0.4, 0.5) is 0 Å². The summed E-state index contributed by atoms with van der Waals surface area (Å²) in [7, 11) is 1.61. The quantitative estimate of drug-likeness (QED) is 0.452. The van der Waals surface area contributed by atoms with Crippen LogP contribution in [0.3, 0.4) is 0 Å². The molecular weight excluding hydrogens is 400 g/mol. The minimum absolute atomic E-state index is 0.248. The van der Waals surface area contributed by atoms with Crippen molar-refractivity contribution in [2.24, 2.45) is 0 Å². The SMILES string of the molecule is COc1ccccc1-c1cc(C(=O)N[C@@H](CCSC)c2nnc3ccccn23)[nH]n1. The Kier molecular flexibility index (Phi) is 5.99. The summed E-state index contributed by atoms with van der Waals surface area (Å²) in [6.07, 6.45) is 4.67.